The summed E-state index contributed by atoms with van der Waals surface area (Å²) in [4.78, 5) is 19.7. The molecule has 0 aliphatic heterocycles. The zero-order valence-electron chi connectivity index (χ0n) is 19.0. The van der Waals surface area contributed by atoms with Crippen molar-refractivity contribution in [2.75, 3.05) is 13.2 Å². The first-order valence-corrected chi connectivity index (χ1v) is 12.3. The SMILES string of the molecule is O=C(OCCCNC(Cc1ccccc1)c1ccco1)N(Cc1ccccc1)Cc1cncs1. The number of aromatic nitrogens is 1. The minimum atomic E-state index is -0.316. The zero-order chi connectivity index (χ0) is 23.4. The normalized spacial score (nSPS) is 11.8. The molecule has 7 heteroatoms. The van der Waals surface area contributed by atoms with Crippen LogP contribution >= 0.6 is 11.3 Å². The van der Waals surface area contributed by atoms with Crippen LogP contribution in [0.25, 0.3) is 0 Å². The molecule has 1 atom stereocenters. The zero-order valence-corrected chi connectivity index (χ0v) is 19.8. The second-order valence-corrected chi connectivity index (χ2v) is 8.96. The van der Waals surface area contributed by atoms with Crippen LogP contribution in [0.1, 0.15) is 34.2 Å². The Morgan fingerprint density at radius 2 is 1.76 bits per heavy atom. The summed E-state index contributed by atoms with van der Waals surface area (Å²) in [5.41, 5.74) is 4.08. The van der Waals surface area contributed by atoms with Crippen LogP contribution in [0.3, 0.4) is 0 Å². The van der Waals surface area contributed by atoms with Gasteiger partial charge in [-0.2, -0.15) is 0 Å². The fourth-order valence-corrected chi connectivity index (χ4v) is 4.32. The van der Waals surface area contributed by atoms with Crippen molar-refractivity contribution >= 4 is 17.4 Å². The highest BCUT2D eigenvalue weighted by atomic mass is 32.1. The Balaban J connectivity index is 1.27. The van der Waals surface area contributed by atoms with E-state index in [-0.39, 0.29) is 12.1 Å². The highest BCUT2D eigenvalue weighted by molar-refractivity contribution is 7.09. The first-order valence-electron chi connectivity index (χ1n) is 11.4. The number of furan rings is 1. The number of hydrogen-bond donors (Lipinski definition) is 1. The molecule has 0 aliphatic carbocycles. The molecule has 0 saturated carbocycles. The largest absolute Gasteiger partial charge is 0.468 e. The number of rotatable bonds is 12. The Bertz CT molecular complexity index is 1090. The second kappa shape index (κ2) is 12.7. The second-order valence-electron chi connectivity index (χ2n) is 7.99. The van der Waals surface area contributed by atoms with E-state index in [1.54, 1.807) is 22.9 Å². The lowest BCUT2D eigenvalue weighted by molar-refractivity contribution is 0.0961. The van der Waals surface area contributed by atoms with Crippen LogP contribution in [0.15, 0.2) is 95.2 Å². The molecule has 2 aromatic heterocycles. The van der Waals surface area contributed by atoms with Gasteiger partial charge in [-0.3, -0.25) is 9.88 Å². The lowest BCUT2D eigenvalue weighted by atomic mass is 10.0. The van der Waals surface area contributed by atoms with E-state index < -0.39 is 0 Å². The summed E-state index contributed by atoms with van der Waals surface area (Å²) in [5.74, 6) is 0.902. The van der Waals surface area contributed by atoms with E-state index in [2.05, 4.69) is 22.4 Å². The van der Waals surface area contributed by atoms with Crippen molar-refractivity contribution in [2.45, 2.75) is 32.0 Å². The first-order chi connectivity index (χ1) is 16.8. The summed E-state index contributed by atoms with van der Waals surface area (Å²) < 4.78 is 11.3. The Morgan fingerprint density at radius 3 is 2.44 bits per heavy atom. The molecular formula is C27H29N3O3S. The van der Waals surface area contributed by atoms with Crippen molar-refractivity contribution in [1.82, 2.24) is 15.2 Å². The van der Waals surface area contributed by atoms with Gasteiger partial charge in [0.25, 0.3) is 0 Å². The van der Waals surface area contributed by atoms with Gasteiger partial charge in [0, 0.05) is 17.6 Å². The molecule has 6 nitrogen and oxygen atoms in total. The van der Waals surface area contributed by atoms with E-state index in [4.69, 9.17) is 9.15 Å². The van der Waals surface area contributed by atoms with Gasteiger partial charge in [-0.1, -0.05) is 60.7 Å². The van der Waals surface area contributed by atoms with Crippen LogP contribution in [-0.2, 0) is 24.2 Å². The molecular weight excluding hydrogens is 446 g/mol. The maximum absolute atomic E-state index is 12.9. The maximum atomic E-state index is 12.9. The third-order valence-corrected chi connectivity index (χ3v) is 6.18. The van der Waals surface area contributed by atoms with Crippen LogP contribution in [-0.4, -0.2) is 29.1 Å². The number of hydrogen-bond acceptors (Lipinski definition) is 6. The number of ether oxygens (including phenoxy) is 1. The third kappa shape index (κ3) is 7.30. The molecule has 0 radical (unpaired) electrons. The van der Waals surface area contributed by atoms with Crippen molar-refractivity contribution in [1.29, 1.82) is 0 Å². The average molecular weight is 476 g/mol. The lowest BCUT2D eigenvalue weighted by Gasteiger charge is -2.22. The van der Waals surface area contributed by atoms with E-state index in [0.717, 1.165) is 22.6 Å². The number of benzene rings is 2. The lowest BCUT2D eigenvalue weighted by Crippen LogP contribution is -2.31. The minimum absolute atomic E-state index is 0.0639. The van der Waals surface area contributed by atoms with Gasteiger partial charge in [0.2, 0.25) is 0 Å². The quantitative estimate of drug-likeness (QED) is 0.261. The Labute approximate surface area is 204 Å². The van der Waals surface area contributed by atoms with Gasteiger partial charge in [-0.05, 0) is 42.6 Å². The standard InChI is InChI=1S/C27H29N3O3S/c31-27(30(20-24-18-28-21-34-24)19-23-11-5-2-6-12-23)33-16-8-14-29-25(26-13-7-15-32-26)17-22-9-3-1-4-10-22/h1-7,9-13,15,18,21,25,29H,8,14,16-17,19-20H2. The molecule has 0 aliphatic rings. The van der Waals surface area contributed by atoms with Crippen LogP contribution < -0.4 is 5.32 Å². The van der Waals surface area contributed by atoms with Gasteiger partial charge in [0.1, 0.15) is 5.76 Å². The van der Waals surface area contributed by atoms with Gasteiger partial charge in [0.05, 0.1) is 31.0 Å². The molecule has 0 fully saturated rings. The van der Waals surface area contributed by atoms with Crippen molar-refractivity contribution in [3.05, 3.63) is 113 Å². The van der Waals surface area contributed by atoms with E-state index in [9.17, 15) is 4.79 Å². The van der Waals surface area contributed by atoms with E-state index in [1.807, 2.05) is 60.7 Å². The van der Waals surface area contributed by atoms with Crippen molar-refractivity contribution in [3.63, 3.8) is 0 Å². The topological polar surface area (TPSA) is 67.6 Å². The molecule has 0 saturated heterocycles. The van der Waals surface area contributed by atoms with Crippen molar-refractivity contribution in [2.24, 2.45) is 0 Å². The third-order valence-electron chi connectivity index (χ3n) is 5.41. The molecule has 34 heavy (non-hydrogen) atoms. The van der Waals surface area contributed by atoms with E-state index in [1.165, 1.54) is 16.9 Å². The molecule has 0 bridgehead atoms. The molecule has 1 N–H and O–H groups in total. The number of carbonyl (C=O) groups excluding carboxylic acids is 1. The molecule has 1 amide bonds. The first kappa shape index (κ1) is 23.7. The van der Waals surface area contributed by atoms with Crippen molar-refractivity contribution < 1.29 is 13.9 Å². The summed E-state index contributed by atoms with van der Waals surface area (Å²) >= 11 is 1.53. The number of carbonyl (C=O) groups is 1. The van der Waals surface area contributed by atoms with Crippen LogP contribution in [0.2, 0.25) is 0 Å². The molecule has 2 heterocycles. The average Bonchev–Trinajstić information content (AvgIpc) is 3.59. The van der Waals surface area contributed by atoms with Gasteiger partial charge in [-0.15, -0.1) is 11.3 Å². The van der Waals surface area contributed by atoms with Crippen LogP contribution in [0, 0.1) is 0 Å². The fraction of sp³-hybridized carbons (Fsp3) is 0.259. The number of thiazole rings is 1. The summed E-state index contributed by atoms with van der Waals surface area (Å²) in [6.07, 6.45) is 4.71. The highest BCUT2D eigenvalue weighted by Crippen LogP contribution is 2.19. The molecule has 4 aromatic rings. The number of amides is 1. The number of nitrogens with zero attached hydrogens (tertiary/aromatic N) is 2. The van der Waals surface area contributed by atoms with Crippen LogP contribution in [0.5, 0.6) is 0 Å². The summed E-state index contributed by atoms with van der Waals surface area (Å²) in [6.45, 7) is 2.02. The summed E-state index contributed by atoms with van der Waals surface area (Å²) in [5, 5.41) is 3.54. The van der Waals surface area contributed by atoms with Gasteiger partial charge in [-0.25, -0.2) is 4.79 Å². The highest BCUT2D eigenvalue weighted by Gasteiger charge is 2.18. The van der Waals surface area contributed by atoms with Crippen molar-refractivity contribution in [3.8, 4) is 0 Å². The van der Waals surface area contributed by atoms with Gasteiger partial charge < -0.3 is 14.5 Å². The van der Waals surface area contributed by atoms with E-state index >= 15 is 0 Å². The van der Waals surface area contributed by atoms with Gasteiger partial charge >= 0.3 is 6.09 Å². The monoisotopic (exact) mass is 475 g/mol. The minimum Gasteiger partial charge on any atom is -0.468 e. The smallest absolute Gasteiger partial charge is 0.410 e. The molecule has 0 spiro atoms. The van der Waals surface area contributed by atoms with Crippen LogP contribution in [0.4, 0.5) is 4.79 Å². The Hall–Kier alpha value is -3.42. The number of nitrogens with one attached hydrogen (secondary N) is 1. The Kier molecular flexibility index (Phi) is 8.88. The Morgan fingerprint density at radius 1 is 1.00 bits per heavy atom. The molecule has 2 aromatic carbocycles. The fourth-order valence-electron chi connectivity index (χ4n) is 3.71. The molecule has 176 valence electrons. The summed E-state index contributed by atoms with van der Waals surface area (Å²) in [7, 11) is 0. The summed E-state index contributed by atoms with van der Waals surface area (Å²) in [6, 6.07) is 24.2. The maximum Gasteiger partial charge on any atom is 0.410 e. The predicted molar refractivity (Wildman–Crippen MR) is 133 cm³/mol. The molecule has 4 rings (SSSR count). The predicted octanol–water partition coefficient (Wildman–Crippen LogP) is 5.84. The van der Waals surface area contributed by atoms with E-state index in [0.29, 0.717) is 32.7 Å². The molecule has 1 unspecified atom stereocenters. The van der Waals surface area contributed by atoms with Gasteiger partial charge in [0.15, 0.2) is 0 Å².